The molecule has 8 N–H and O–H groups in total. The van der Waals surface area contributed by atoms with E-state index in [9.17, 15) is 36.0 Å². The molecule has 4 amide bonds. The molecule has 0 aliphatic rings. The quantitative estimate of drug-likeness (QED) is 0.0227. The number of amides is 4. The van der Waals surface area contributed by atoms with Gasteiger partial charge in [-0.2, -0.15) is 8.42 Å². The van der Waals surface area contributed by atoms with Crippen LogP contribution < -0.4 is 60.3 Å². The van der Waals surface area contributed by atoms with Crippen molar-refractivity contribution in [1.29, 1.82) is 0 Å². The third-order valence-corrected chi connectivity index (χ3v) is 15.9. The average molecular weight is 1200 g/mol. The maximum Gasteiger partial charge on any atom is 1.00 e. The van der Waals surface area contributed by atoms with Gasteiger partial charge in [0, 0.05) is 40.2 Å². The number of methoxy groups -OCH3 is 2. The molecule has 0 aliphatic heterocycles. The number of thiazole rings is 2. The summed E-state index contributed by atoms with van der Waals surface area (Å²) in [7, 11) is -4.34. The molecule has 0 aliphatic carbocycles. The zero-order chi connectivity index (χ0) is 54.7. The van der Waals surface area contributed by atoms with Crippen LogP contribution in [0.15, 0.2) is 155 Å². The van der Waals surface area contributed by atoms with E-state index < -0.39 is 63.5 Å². The molecule has 79 heavy (non-hydrogen) atoms. The second kappa shape index (κ2) is 31.3. The molecule has 410 valence electrons. The van der Waals surface area contributed by atoms with Gasteiger partial charge >= 0.3 is 52.0 Å². The van der Waals surface area contributed by atoms with Gasteiger partial charge in [-0.25, -0.2) is 19.6 Å². The standard InChI is InChI=1S/C26H26N4O6S3.C26H25N4O5S3.Na.H2O/c1-36-26(32)29-21(15-17-6-3-2-4-7-17)24(31)27-20(22-16-38-25(28-22)23-8-5-13-37-23)14-18-9-11-19(12-10-18)30-39(33,34)35;1-35-26(32)29-21(15-17-6-3-2-4-7-17)24(31)27-20(14-18-9-11-19(12-10-18)30-38(33)34)22-16-37-25(28-22)23-8-5-13-36-23;;/h2-13,16,20-21,30H,14-15H2,1H3,(H,27,31)(H,29,32)(H,33,34,35);2-13,16,20-21H,14-15H2,1H3,(H,27,31)(H,29,32)(H,30,33,34);;1H2/q;-1;+1;/p-1/t2*20-,21-;;/m11../s1. The van der Waals surface area contributed by atoms with Gasteiger partial charge in [0.15, 0.2) is 0 Å². The summed E-state index contributed by atoms with van der Waals surface area (Å²) in [5, 5.41) is 20.7. The molecule has 8 aromatic rings. The van der Waals surface area contributed by atoms with E-state index in [0.717, 1.165) is 42.0 Å². The molecule has 4 aromatic heterocycles. The molecule has 0 saturated carbocycles. The fraction of sp³-hybridized carbons (Fsp3) is 0.192. The van der Waals surface area contributed by atoms with Crippen LogP contribution >= 0.6 is 45.3 Å². The molecule has 0 saturated heterocycles. The Morgan fingerprint density at radius 1 is 0.544 bits per heavy atom. The average Bonchev–Trinajstić information content (AvgIpc) is 4.32. The molecule has 4 aromatic carbocycles. The molecule has 4 atom stereocenters. The number of rotatable bonds is 22. The number of alkyl carbamates (subject to hydrolysis) is 2. The van der Waals surface area contributed by atoms with Gasteiger partial charge in [0.05, 0.1) is 53.1 Å². The number of hydrogen-bond donors (Lipinski definition) is 7. The van der Waals surface area contributed by atoms with E-state index in [4.69, 9.17) is 24.0 Å². The van der Waals surface area contributed by atoms with Crippen molar-refractivity contribution in [2.45, 2.75) is 49.9 Å². The molecule has 0 unspecified atom stereocenters. The summed E-state index contributed by atoms with van der Waals surface area (Å²) in [5.74, 6) is -0.792. The normalized spacial score (nSPS) is 12.3. The van der Waals surface area contributed by atoms with E-state index >= 15 is 0 Å². The molecule has 0 bridgehead atoms. The number of anilines is 2. The van der Waals surface area contributed by atoms with E-state index in [1.54, 1.807) is 59.1 Å². The van der Waals surface area contributed by atoms with E-state index in [0.29, 0.717) is 29.9 Å². The first-order valence-corrected chi connectivity index (χ1v) is 29.3. The van der Waals surface area contributed by atoms with E-state index in [1.807, 2.05) is 111 Å². The Bertz CT molecular complexity index is 3360. The van der Waals surface area contributed by atoms with E-state index in [2.05, 4.69) is 26.0 Å². The third kappa shape index (κ3) is 20.2. The van der Waals surface area contributed by atoms with Crippen LogP contribution in [-0.4, -0.2) is 78.7 Å². The van der Waals surface area contributed by atoms with Crippen molar-refractivity contribution < 1.29 is 85.1 Å². The smallest absolute Gasteiger partial charge is 0.870 e. The predicted octanol–water partition coefficient (Wildman–Crippen LogP) is 6.16. The van der Waals surface area contributed by atoms with Crippen LogP contribution in [0.1, 0.15) is 45.7 Å². The second-order valence-corrected chi connectivity index (χ2v) is 22.1. The van der Waals surface area contributed by atoms with Gasteiger partial charge in [-0.15, -0.1) is 45.3 Å². The first-order valence-electron chi connectivity index (χ1n) is 23.3. The minimum Gasteiger partial charge on any atom is -0.870 e. The van der Waals surface area contributed by atoms with Crippen LogP contribution in [0.25, 0.3) is 19.8 Å². The van der Waals surface area contributed by atoms with Crippen molar-refractivity contribution >= 4 is 102 Å². The number of hydrogen-bond acceptors (Lipinski definition) is 18. The van der Waals surface area contributed by atoms with Crippen LogP contribution in [0.3, 0.4) is 0 Å². The van der Waals surface area contributed by atoms with Crippen LogP contribution in [0.2, 0.25) is 0 Å². The minimum absolute atomic E-state index is 0. The molecular weight excluding hydrogens is 1140 g/mol. The summed E-state index contributed by atoms with van der Waals surface area (Å²) >= 11 is 6.09. The molecule has 0 radical (unpaired) electrons. The van der Waals surface area contributed by atoms with Gasteiger partial charge in [-0.05, 0) is 82.3 Å². The molecule has 8 rings (SSSR count). The molecule has 0 fully saturated rings. The molecule has 27 heteroatoms. The van der Waals surface area contributed by atoms with Crippen molar-refractivity contribution in [2.75, 3.05) is 23.7 Å². The number of aromatic nitrogens is 2. The van der Waals surface area contributed by atoms with Crippen molar-refractivity contribution in [1.82, 2.24) is 31.2 Å². The number of thiophene rings is 2. The molecular formula is C52H52N8NaO12S6-. The Kier molecular flexibility index (Phi) is 25.1. The van der Waals surface area contributed by atoms with Crippen LogP contribution in [0.4, 0.5) is 21.0 Å². The largest absolute Gasteiger partial charge is 1.00 e. The van der Waals surface area contributed by atoms with Gasteiger partial charge in [0.1, 0.15) is 22.1 Å². The molecule has 20 nitrogen and oxygen atoms in total. The third-order valence-electron chi connectivity index (χ3n) is 11.2. The van der Waals surface area contributed by atoms with Crippen molar-refractivity contribution in [3.63, 3.8) is 0 Å². The fourth-order valence-corrected chi connectivity index (χ4v) is 11.7. The maximum absolute atomic E-state index is 13.5. The van der Waals surface area contributed by atoms with Crippen LogP contribution in [0, 0.1) is 0 Å². The second-order valence-electron chi connectivity index (χ2n) is 16.7. The number of carbonyl (C=O) groups is 4. The van der Waals surface area contributed by atoms with Crippen molar-refractivity contribution in [3.05, 3.63) is 189 Å². The number of benzene rings is 4. The van der Waals surface area contributed by atoms with Gasteiger partial charge in [0.2, 0.25) is 11.8 Å². The Morgan fingerprint density at radius 2 is 0.937 bits per heavy atom. The molecule has 4 heterocycles. The summed E-state index contributed by atoms with van der Waals surface area (Å²) in [5.41, 5.74) is 5.35. The number of nitrogens with zero attached hydrogens (tertiary/aromatic N) is 2. The molecule has 0 spiro atoms. The van der Waals surface area contributed by atoms with Gasteiger partial charge in [-0.3, -0.25) is 18.9 Å². The first kappa shape index (κ1) is 63.3. The Labute approximate surface area is 496 Å². The number of nitrogens with one attached hydrogen (secondary N) is 6. The first-order chi connectivity index (χ1) is 37.1. The van der Waals surface area contributed by atoms with Gasteiger partial charge < -0.3 is 49.4 Å². The van der Waals surface area contributed by atoms with Crippen LogP contribution in [-0.2, 0) is 74.4 Å². The summed E-state index contributed by atoms with van der Waals surface area (Å²) in [6.07, 6.45) is -0.165. The summed E-state index contributed by atoms with van der Waals surface area (Å²) in [6.45, 7) is 0. The Balaban J connectivity index is 0.000000284. The predicted molar refractivity (Wildman–Crippen MR) is 301 cm³/mol. The van der Waals surface area contributed by atoms with Gasteiger partial charge in [-0.1, -0.05) is 97.1 Å². The SMILES string of the molecule is COC(=O)N[C@H](Cc1ccccc1)C(=O)N[C@H](Cc1ccc(NS(=O)(=O)O)cc1)c1csc(-c2cccs2)n1.COC(=O)N[C@H](Cc1ccccc1)C(=O)N[C@H](Cc1ccc(N[S-](=O)=O)cc1)c1csc(-c2cccs2)n1.[Na+].[OH-]. The summed E-state index contributed by atoms with van der Waals surface area (Å²) in [4.78, 5) is 62.7. The maximum atomic E-state index is 13.5. The van der Waals surface area contributed by atoms with E-state index in [-0.39, 0.29) is 59.5 Å². The Morgan fingerprint density at radius 3 is 1.29 bits per heavy atom. The zero-order valence-electron chi connectivity index (χ0n) is 42.5. The number of ether oxygens (including phenoxy) is 2. The summed E-state index contributed by atoms with van der Waals surface area (Å²) in [6, 6.07) is 37.0. The van der Waals surface area contributed by atoms with Gasteiger partial charge in [0.25, 0.3) is 0 Å². The van der Waals surface area contributed by atoms with Crippen molar-refractivity contribution in [3.8, 4) is 19.8 Å². The number of carbonyl (C=O) groups excluding carboxylic acids is 4. The van der Waals surface area contributed by atoms with Crippen LogP contribution in [0.5, 0.6) is 0 Å². The fourth-order valence-electron chi connectivity index (χ4n) is 7.58. The van der Waals surface area contributed by atoms with E-state index in [1.165, 1.54) is 49.0 Å². The Hall–Kier alpha value is -6.56. The monoisotopic (exact) mass is 1200 g/mol. The topological polar surface area (TPSA) is 303 Å². The van der Waals surface area contributed by atoms with Crippen molar-refractivity contribution in [2.24, 2.45) is 0 Å². The summed E-state index contributed by atoms with van der Waals surface area (Å²) < 4.78 is 66.9. The minimum atomic E-state index is -4.40. The zero-order valence-corrected chi connectivity index (χ0v) is 49.4.